The van der Waals surface area contributed by atoms with Crippen LogP contribution in [0.1, 0.15) is 11.1 Å². The third-order valence-electron chi connectivity index (χ3n) is 5.86. The molecule has 3 heteroatoms. The fraction of sp³-hybridized carbons (Fsp3) is 0. The lowest BCUT2D eigenvalue weighted by molar-refractivity contribution is 0.584. The van der Waals surface area contributed by atoms with Crippen LogP contribution in [0.15, 0.2) is 114 Å². The van der Waals surface area contributed by atoms with Crippen LogP contribution in [0.3, 0.4) is 0 Å². The van der Waals surface area contributed by atoms with E-state index in [1.807, 2.05) is 30.3 Å². The molecule has 0 aliphatic rings. The smallest absolute Gasteiger partial charge is 0.248 e. The lowest BCUT2D eigenvalue weighted by atomic mass is 10.0. The summed E-state index contributed by atoms with van der Waals surface area (Å²) in [5.74, 6) is 1.04. The number of hydrogen-bond donors (Lipinski definition) is 0. The van der Waals surface area contributed by atoms with Gasteiger partial charge in [0.05, 0.1) is 0 Å². The zero-order valence-corrected chi connectivity index (χ0v) is 17.8. The largest absolute Gasteiger partial charge is 0.416 e. The van der Waals surface area contributed by atoms with E-state index >= 15 is 0 Å². The zero-order chi connectivity index (χ0) is 22.0. The molecule has 0 atom stereocenters. The second-order valence-corrected chi connectivity index (χ2v) is 8.00. The Morgan fingerprint density at radius 2 is 1.18 bits per heavy atom. The Bertz CT molecular complexity index is 1610. The van der Waals surface area contributed by atoms with E-state index in [-0.39, 0.29) is 0 Å². The van der Waals surface area contributed by atoms with Gasteiger partial charge in [0.2, 0.25) is 11.8 Å². The summed E-state index contributed by atoms with van der Waals surface area (Å²) in [5, 5.41) is 13.4. The van der Waals surface area contributed by atoms with E-state index in [0.29, 0.717) is 11.8 Å². The highest BCUT2D eigenvalue weighted by Crippen LogP contribution is 2.27. The van der Waals surface area contributed by atoms with Gasteiger partial charge in [-0.2, -0.15) is 0 Å². The molecule has 1 heterocycles. The Balaban J connectivity index is 1.24. The molecule has 0 N–H and O–H groups in total. The predicted molar refractivity (Wildman–Crippen MR) is 136 cm³/mol. The van der Waals surface area contributed by atoms with Crippen LogP contribution in [0.5, 0.6) is 0 Å². The maximum Gasteiger partial charge on any atom is 0.248 e. The monoisotopic (exact) mass is 424 g/mol. The molecule has 6 rings (SSSR count). The van der Waals surface area contributed by atoms with Gasteiger partial charge in [0.15, 0.2) is 0 Å². The molecule has 5 aromatic carbocycles. The predicted octanol–water partition coefficient (Wildman–Crippen LogP) is 7.88. The fourth-order valence-electron chi connectivity index (χ4n) is 4.10. The number of fused-ring (bicyclic) bond motifs is 2. The molecular weight excluding hydrogens is 404 g/mol. The Hall–Kier alpha value is -4.50. The quantitative estimate of drug-likeness (QED) is 0.270. The van der Waals surface area contributed by atoms with Gasteiger partial charge in [-0.3, -0.25) is 0 Å². The average molecular weight is 425 g/mol. The molecular formula is C30H20N2O. The molecule has 0 saturated carbocycles. The van der Waals surface area contributed by atoms with Crippen LogP contribution < -0.4 is 0 Å². The van der Waals surface area contributed by atoms with Crippen LogP contribution >= 0.6 is 0 Å². The fourth-order valence-corrected chi connectivity index (χ4v) is 4.10. The van der Waals surface area contributed by atoms with Crippen LogP contribution in [-0.2, 0) is 0 Å². The number of rotatable bonds is 4. The van der Waals surface area contributed by atoms with Crippen molar-refractivity contribution in [1.29, 1.82) is 0 Å². The number of nitrogens with zero attached hydrogens (tertiary/aromatic N) is 2. The first kappa shape index (κ1) is 19.2. The van der Waals surface area contributed by atoms with E-state index in [0.717, 1.165) is 22.1 Å². The molecule has 0 bridgehead atoms. The second-order valence-electron chi connectivity index (χ2n) is 8.00. The summed E-state index contributed by atoms with van der Waals surface area (Å²) in [6, 6.07) is 37.4. The molecule has 6 aromatic rings. The molecule has 0 spiro atoms. The molecule has 0 aliphatic carbocycles. The van der Waals surface area contributed by atoms with Crippen molar-refractivity contribution < 1.29 is 4.42 Å². The Labute approximate surface area is 191 Å². The van der Waals surface area contributed by atoms with Gasteiger partial charge in [0.1, 0.15) is 0 Å². The molecule has 0 unspecified atom stereocenters. The van der Waals surface area contributed by atoms with Crippen LogP contribution in [0.2, 0.25) is 0 Å². The summed E-state index contributed by atoms with van der Waals surface area (Å²) in [4.78, 5) is 0. The van der Waals surface area contributed by atoms with Crippen molar-refractivity contribution in [2.24, 2.45) is 0 Å². The van der Waals surface area contributed by atoms with Crippen molar-refractivity contribution >= 4 is 33.7 Å². The topological polar surface area (TPSA) is 38.9 Å². The lowest BCUT2D eigenvalue weighted by Crippen LogP contribution is -1.80. The minimum absolute atomic E-state index is 0.516. The first-order valence-corrected chi connectivity index (χ1v) is 10.9. The zero-order valence-electron chi connectivity index (χ0n) is 17.8. The van der Waals surface area contributed by atoms with Crippen LogP contribution in [-0.4, -0.2) is 10.2 Å². The van der Waals surface area contributed by atoms with Crippen molar-refractivity contribution in [1.82, 2.24) is 10.2 Å². The molecule has 33 heavy (non-hydrogen) atoms. The van der Waals surface area contributed by atoms with Crippen molar-refractivity contribution in [3.05, 3.63) is 120 Å². The molecule has 0 radical (unpaired) electrons. The standard InChI is InChI=1S/C30H20N2O/c1-2-8-26-20-27(19-18-22(26)6-1)30-32-31-29(33-30)25-16-13-21(14-17-25)12-15-24-10-5-9-23-7-3-4-11-28(23)24/h1-20H/b15-12+. The molecule has 0 saturated heterocycles. The third kappa shape index (κ3) is 3.81. The summed E-state index contributed by atoms with van der Waals surface area (Å²) in [7, 11) is 0. The molecule has 1 aromatic heterocycles. The van der Waals surface area contributed by atoms with Crippen LogP contribution in [0.25, 0.3) is 56.6 Å². The van der Waals surface area contributed by atoms with Crippen molar-refractivity contribution in [2.75, 3.05) is 0 Å². The van der Waals surface area contributed by atoms with Crippen molar-refractivity contribution in [3.8, 4) is 22.9 Å². The van der Waals surface area contributed by atoms with E-state index in [1.165, 1.54) is 21.7 Å². The average Bonchev–Trinajstić information content (AvgIpc) is 3.38. The highest BCUT2D eigenvalue weighted by Gasteiger charge is 2.11. The normalized spacial score (nSPS) is 11.5. The Morgan fingerprint density at radius 3 is 2.03 bits per heavy atom. The highest BCUT2D eigenvalue weighted by atomic mass is 16.4. The summed E-state index contributed by atoms with van der Waals surface area (Å²) in [5.41, 5.74) is 4.13. The number of hydrogen-bond acceptors (Lipinski definition) is 3. The van der Waals surface area contributed by atoms with Crippen LogP contribution in [0, 0.1) is 0 Å². The van der Waals surface area contributed by atoms with E-state index < -0.39 is 0 Å². The van der Waals surface area contributed by atoms with Gasteiger partial charge < -0.3 is 4.42 Å². The maximum absolute atomic E-state index is 5.98. The summed E-state index contributed by atoms with van der Waals surface area (Å²) in [6.07, 6.45) is 4.28. The van der Waals surface area contributed by atoms with Gasteiger partial charge in [-0.05, 0) is 56.9 Å². The van der Waals surface area contributed by atoms with E-state index in [1.54, 1.807) is 0 Å². The first-order chi connectivity index (χ1) is 16.3. The minimum atomic E-state index is 0.516. The Morgan fingerprint density at radius 1 is 0.515 bits per heavy atom. The van der Waals surface area contributed by atoms with Gasteiger partial charge >= 0.3 is 0 Å². The lowest BCUT2D eigenvalue weighted by Gasteiger charge is -2.02. The summed E-state index contributed by atoms with van der Waals surface area (Å²) < 4.78 is 5.98. The minimum Gasteiger partial charge on any atom is -0.416 e. The molecule has 0 amide bonds. The van der Waals surface area contributed by atoms with Gasteiger partial charge in [-0.15, -0.1) is 10.2 Å². The second kappa shape index (κ2) is 8.21. The van der Waals surface area contributed by atoms with E-state index in [4.69, 9.17) is 4.42 Å². The van der Waals surface area contributed by atoms with E-state index in [9.17, 15) is 0 Å². The van der Waals surface area contributed by atoms with Gasteiger partial charge in [0.25, 0.3) is 0 Å². The van der Waals surface area contributed by atoms with Crippen LogP contribution in [0.4, 0.5) is 0 Å². The van der Waals surface area contributed by atoms with Crippen molar-refractivity contribution in [2.45, 2.75) is 0 Å². The van der Waals surface area contributed by atoms with Gasteiger partial charge in [0, 0.05) is 11.1 Å². The summed E-state index contributed by atoms with van der Waals surface area (Å²) in [6.45, 7) is 0. The number of aromatic nitrogens is 2. The van der Waals surface area contributed by atoms with Gasteiger partial charge in [-0.25, -0.2) is 0 Å². The van der Waals surface area contributed by atoms with Gasteiger partial charge in [-0.1, -0.05) is 97.1 Å². The highest BCUT2D eigenvalue weighted by molar-refractivity contribution is 5.93. The number of benzene rings is 5. The summed E-state index contributed by atoms with van der Waals surface area (Å²) >= 11 is 0. The molecule has 156 valence electrons. The van der Waals surface area contributed by atoms with E-state index in [2.05, 4.69) is 101 Å². The first-order valence-electron chi connectivity index (χ1n) is 10.9. The SMILES string of the molecule is C(=C\c1cccc2ccccc12)/c1ccc(-c2nnc(-c3ccc4ccccc4c3)o2)cc1. The molecule has 3 nitrogen and oxygen atoms in total. The molecule has 0 fully saturated rings. The maximum atomic E-state index is 5.98. The molecule has 0 aliphatic heterocycles. The third-order valence-corrected chi connectivity index (χ3v) is 5.86. The van der Waals surface area contributed by atoms with Crippen molar-refractivity contribution in [3.63, 3.8) is 0 Å². The Kier molecular flexibility index (Phi) is 4.78.